The Kier molecular flexibility index (Phi) is 5.78. The molecule has 24 heavy (non-hydrogen) atoms. The molecule has 0 saturated carbocycles. The van der Waals surface area contributed by atoms with Gasteiger partial charge in [-0.2, -0.15) is 0 Å². The van der Waals surface area contributed by atoms with Crippen LogP contribution in [-0.2, 0) is 9.84 Å². The van der Waals surface area contributed by atoms with E-state index >= 15 is 0 Å². The molecule has 0 heterocycles. The van der Waals surface area contributed by atoms with Gasteiger partial charge < -0.3 is 5.32 Å². The van der Waals surface area contributed by atoms with Crippen LogP contribution in [0.2, 0.25) is 0 Å². The van der Waals surface area contributed by atoms with Crippen LogP contribution in [0.4, 0.5) is 0 Å². The van der Waals surface area contributed by atoms with Crippen molar-refractivity contribution in [1.82, 2.24) is 5.32 Å². The molecule has 2 aromatic carbocycles. The predicted molar refractivity (Wildman–Crippen MR) is 95.7 cm³/mol. The maximum atomic E-state index is 12.5. The van der Waals surface area contributed by atoms with Gasteiger partial charge in [0.1, 0.15) is 0 Å². The summed E-state index contributed by atoms with van der Waals surface area (Å²) in [5.41, 5.74) is 1.51. The van der Waals surface area contributed by atoms with Gasteiger partial charge >= 0.3 is 0 Å². The molecule has 1 N–H and O–H groups in total. The number of carbonyl (C=O) groups excluding carboxylic acids is 1. The molecule has 0 saturated heterocycles. The van der Waals surface area contributed by atoms with Crippen molar-refractivity contribution in [1.29, 1.82) is 0 Å². The highest BCUT2D eigenvalue weighted by Crippen LogP contribution is 2.22. The molecule has 2 aromatic rings. The summed E-state index contributed by atoms with van der Waals surface area (Å²) >= 11 is 0. The minimum absolute atomic E-state index is 0.0757. The van der Waals surface area contributed by atoms with Gasteiger partial charge in [-0.3, -0.25) is 4.79 Å². The number of hydrogen-bond acceptors (Lipinski definition) is 3. The Morgan fingerprint density at radius 2 is 1.58 bits per heavy atom. The maximum absolute atomic E-state index is 12.5. The standard InChI is InChI=1S/C19H23NO3S/c1-14(2)13-18(15-7-5-4-6-8-15)20-19(21)16-9-11-17(12-10-16)24(3,22)23/h4-12,14,18H,13H2,1-3H3,(H,20,21)/t18-/m0/s1. The van der Waals surface area contributed by atoms with Crippen molar-refractivity contribution in [3.8, 4) is 0 Å². The van der Waals surface area contributed by atoms with E-state index in [-0.39, 0.29) is 16.8 Å². The zero-order valence-corrected chi connectivity index (χ0v) is 15.0. The first-order chi connectivity index (χ1) is 11.3. The van der Waals surface area contributed by atoms with Crippen LogP contribution in [0, 0.1) is 5.92 Å². The van der Waals surface area contributed by atoms with E-state index in [4.69, 9.17) is 0 Å². The van der Waals surface area contributed by atoms with Crippen molar-refractivity contribution in [2.75, 3.05) is 6.26 Å². The van der Waals surface area contributed by atoms with Gasteiger partial charge in [0, 0.05) is 11.8 Å². The molecule has 1 atom stereocenters. The molecule has 0 unspecified atom stereocenters. The summed E-state index contributed by atoms with van der Waals surface area (Å²) in [7, 11) is -3.26. The van der Waals surface area contributed by atoms with Gasteiger partial charge in [-0.05, 0) is 42.2 Å². The van der Waals surface area contributed by atoms with E-state index in [0.29, 0.717) is 11.5 Å². The number of hydrogen-bond donors (Lipinski definition) is 1. The topological polar surface area (TPSA) is 63.2 Å². The van der Waals surface area contributed by atoms with E-state index in [9.17, 15) is 13.2 Å². The van der Waals surface area contributed by atoms with Crippen molar-refractivity contribution in [2.24, 2.45) is 5.92 Å². The Labute approximate surface area is 143 Å². The van der Waals surface area contributed by atoms with Gasteiger partial charge in [-0.15, -0.1) is 0 Å². The molecule has 5 heteroatoms. The summed E-state index contributed by atoms with van der Waals surface area (Å²) in [6.07, 6.45) is 1.98. The van der Waals surface area contributed by atoms with E-state index in [1.54, 1.807) is 12.1 Å². The fourth-order valence-electron chi connectivity index (χ4n) is 2.53. The summed E-state index contributed by atoms with van der Waals surface area (Å²) in [6.45, 7) is 4.23. The Morgan fingerprint density at radius 3 is 2.08 bits per heavy atom. The summed E-state index contributed by atoms with van der Waals surface area (Å²) < 4.78 is 23.0. The van der Waals surface area contributed by atoms with Crippen molar-refractivity contribution >= 4 is 15.7 Å². The summed E-state index contributed by atoms with van der Waals surface area (Å²) in [6, 6.07) is 15.8. The van der Waals surface area contributed by atoms with Crippen LogP contribution >= 0.6 is 0 Å². The summed E-state index contributed by atoms with van der Waals surface area (Å²) in [4.78, 5) is 12.7. The Bertz CT molecular complexity index is 781. The van der Waals surface area contributed by atoms with E-state index in [1.165, 1.54) is 12.1 Å². The Balaban J connectivity index is 2.18. The fourth-order valence-corrected chi connectivity index (χ4v) is 3.16. The van der Waals surface area contributed by atoms with Crippen LogP contribution in [-0.4, -0.2) is 20.6 Å². The van der Waals surface area contributed by atoms with Gasteiger partial charge in [0.05, 0.1) is 10.9 Å². The Morgan fingerprint density at radius 1 is 1.00 bits per heavy atom. The highest BCUT2D eigenvalue weighted by Gasteiger charge is 2.17. The van der Waals surface area contributed by atoms with Crippen molar-refractivity contribution in [2.45, 2.75) is 31.2 Å². The first kappa shape index (κ1) is 18.2. The fraction of sp³-hybridized carbons (Fsp3) is 0.316. The van der Waals surface area contributed by atoms with Crippen molar-refractivity contribution in [3.63, 3.8) is 0 Å². The van der Waals surface area contributed by atoms with Crippen molar-refractivity contribution in [3.05, 3.63) is 65.7 Å². The minimum Gasteiger partial charge on any atom is -0.345 e. The zero-order chi connectivity index (χ0) is 17.7. The molecule has 0 fully saturated rings. The smallest absolute Gasteiger partial charge is 0.251 e. The van der Waals surface area contributed by atoms with Gasteiger partial charge in [-0.25, -0.2) is 8.42 Å². The highest BCUT2D eigenvalue weighted by molar-refractivity contribution is 7.90. The van der Waals surface area contributed by atoms with Gasteiger partial charge in [0.15, 0.2) is 9.84 Å². The average Bonchev–Trinajstić information content (AvgIpc) is 2.54. The van der Waals surface area contributed by atoms with Gasteiger partial charge in [-0.1, -0.05) is 44.2 Å². The van der Waals surface area contributed by atoms with Crippen LogP contribution in [0.5, 0.6) is 0 Å². The molecule has 128 valence electrons. The maximum Gasteiger partial charge on any atom is 0.251 e. The number of benzene rings is 2. The third-order valence-corrected chi connectivity index (χ3v) is 4.89. The number of sulfone groups is 1. The highest BCUT2D eigenvalue weighted by atomic mass is 32.2. The molecule has 4 nitrogen and oxygen atoms in total. The third-order valence-electron chi connectivity index (χ3n) is 3.76. The number of carbonyl (C=O) groups is 1. The number of amides is 1. The molecule has 1 amide bonds. The minimum atomic E-state index is -3.26. The van der Waals surface area contributed by atoms with E-state index < -0.39 is 9.84 Å². The second kappa shape index (κ2) is 7.62. The second-order valence-corrected chi connectivity index (χ2v) is 8.38. The average molecular weight is 345 g/mol. The lowest BCUT2D eigenvalue weighted by atomic mass is 9.96. The number of nitrogens with one attached hydrogen (secondary N) is 1. The first-order valence-corrected chi connectivity index (χ1v) is 9.82. The normalized spacial score (nSPS) is 12.8. The van der Waals surface area contributed by atoms with E-state index in [0.717, 1.165) is 18.2 Å². The van der Waals surface area contributed by atoms with E-state index in [2.05, 4.69) is 19.2 Å². The molecule has 0 spiro atoms. The zero-order valence-electron chi connectivity index (χ0n) is 14.2. The third kappa shape index (κ3) is 4.93. The molecule has 0 aliphatic carbocycles. The quantitative estimate of drug-likeness (QED) is 0.870. The first-order valence-electron chi connectivity index (χ1n) is 7.93. The molecule has 0 radical (unpaired) electrons. The number of rotatable bonds is 6. The summed E-state index contributed by atoms with van der Waals surface area (Å²) in [5, 5.41) is 3.05. The van der Waals surface area contributed by atoms with E-state index in [1.807, 2.05) is 30.3 Å². The van der Waals surface area contributed by atoms with Crippen LogP contribution in [0.15, 0.2) is 59.5 Å². The lowest BCUT2D eigenvalue weighted by molar-refractivity contribution is 0.0932. The van der Waals surface area contributed by atoms with Crippen LogP contribution < -0.4 is 5.32 Å². The predicted octanol–water partition coefficient (Wildman–Crippen LogP) is 3.61. The Hall–Kier alpha value is -2.14. The van der Waals surface area contributed by atoms with Crippen LogP contribution in [0.1, 0.15) is 42.2 Å². The molecule has 0 aliphatic heterocycles. The molecule has 2 rings (SSSR count). The monoisotopic (exact) mass is 345 g/mol. The molecule has 0 bridgehead atoms. The van der Waals surface area contributed by atoms with Gasteiger partial charge in [0.25, 0.3) is 5.91 Å². The van der Waals surface area contributed by atoms with Crippen LogP contribution in [0.3, 0.4) is 0 Å². The van der Waals surface area contributed by atoms with Crippen LogP contribution in [0.25, 0.3) is 0 Å². The lowest BCUT2D eigenvalue weighted by Crippen LogP contribution is -2.29. The SMILES string of the molecule is CC(C)C[C@H](NC(=O)c1ccc(S(C)(=O)=O)cc1)c1ccccc1. The van der Waals surface area contributed by atoms with Crippen molar-refractivity contribution < 1.29 is 13.2 Å². The van der Waals surface area contributed by atoms with Gasteiger partial charge in [0.2, 0.25) is 0 Å². The largest absolute Gasteiger partial charge is 0.345 e. The molecule has 0 aliphatic rings. The second-order valence-electron chi connectivity index (χ2n) is 6.36. The molecular formula is C19H23NO3S. The molecule has 0 aromatic heterocycles. The summed E-state index contributed by atoms with van der Waals surface area (Å²) in [5.74, 6) is 0.229. The lowest BCUT2D eigenvalue weighted by Gasteiger charge is -2.21. The molecular weight excluding hydrogens is 322 g/mol.